The number of rotatable bonds is 2. The van der Waals surface area contributed by atoms with Gasteiger partial charge in [0.1, 0.15) is 0 Å². The Balaban J connectivity index is 2.18. The molecule has 1 fully saturated rings. The summed E-state index contributed by atoms with van der Waals surface area (Å²) < 4.78 is 0. The average molecular weight is 226 g/mol. The van der Waals surface area contributed by atoms with Crippen molar-refractivity contribution in [1.82, 2.24) is 0 Å². The van der Waals surface area contributed by atoms with Crippen molar-refractivity contribution in [2.45, 2.75) is 20.3 Å². The van der Waals surface area contributed by atoms with Gasteiger partial charge in [-0.05, 0) is 37.7 Å². The fraction of sp³-hybridized carbons (Fsp3) is 0.545. The second-order valence-electron chi connectivity index (χ2n) is 3.77. The van der Waals surface area contributed by atoms with Crippen molar-refractivity contribution in [2.75, 3.05) is 11.5 Å². The van der Waals surface area contributed by atoms with E-state index in [1.807, 2.05) is 17.8 Å². The number of thioether (sulfide) groups is 1. The highest BCUT2D eigenvalue weighted by Crippen LogP contribution is 2.30. The molecule has 1 aromatic heterocycles. The first-order valence-electron chi connectivity index (χ1n) is 4.87. The Hall–Kier alpha value is -0.280. The van der Waals surface area contributed by atoms with Crippen molar-refractivity contribution in [3.05, 3.63) is 21.4 Å². The minimum atomic E-state index is 0.289. The van der Waals surface area contributed by atoms with Crippen molar-refractivity contribution in [2.24, 2.45) is 5.92 Å². The van der Waals surface area contributed by atoms with Gasteiger partial charge in [-0.3, -0.25) is 4.79 Å². The number of hydrogen-bond acceptors (Lipinski definition) is 3. The van der Waals surface area contributed by atoms with Crippen LogP contribution in [0, 0.1) is 19.8 Å². The number of carbonyl (C=O) groups excluding carboxylic acids is 1. The van der Waals surface area contributed by atoms with Crippen molar-refractivity contribution >= 4 is 28.9 Å². The smallest absolute Gasteiger partial charge is 0.176 e. The summed E-state index contributed by atoms with van der Waals surface area (Å²) in [6.45, 7) is 4.16. The predicted octanol–water partition coefficient (Wildman–Crippen LogP) is 3.30. The summed E-state index contributed by atoms with van der Waals surface area (Å²) in [4.78, 5) is 14.3. The van der Waals surface area contributed by atoms with Crippen LogP contribution in [0.25, 0.3) is 0 Å². The minimum Gasteiger partial charge on any atom is -0.293 e. The van der Waals surface area contributed by atoms with Crippen LogP contribution in [-0.2, 0) is 0 Å². The van der Waals surface area contributed by atoms with E-state index in [0.717, 1.165) is 22.8 Å². The van der Waals surface area contributed by atoms with E-state index in [-0.39, 0.29) is 5.92 Å². The van der Waals surface area contributed by atoms with Crippen LogP contribution in [0.1, 0.15) is 26.5 Å². The first-order chi connectivity index (χ1) is 6.68. The predicted molar refractivity (Wildman–Crippen MR) is 63.6 cm³/mol. The summed E-state index contributed by atoms with van der Waals surface area (Å²) in [5.74, 6) is 2.84. The fourth-order valence-corrected chi connectivity index (χ4v) is 3.91. The number of ketones is 1. The lowest BCUT2D eigenvalue weighted by Gasteiger charge is -2.03. The van der Waals surface area contributed by atoms with Crippen molar-refractivity contribution in [1.29, 1.82) is 0 Å². The SMILES string of the molecule is Cc1cc(C(=O)C2CCSC2)sc1C. The molecule has 0 N–H and O–H groups in total. The Labute approximate surface area is 92.9 Å². The van der Waals surface area contributed by atoms with Gasteiger partial charge in [0.15, 0.2) is 5.78 Å². The molecule has 1 aliphatic rings. The zero-order valence-electron chi connectivity index (χ0n) is 8.50. The molecule has 0 aliphatic carbocycles. The maximum Gasteiger partial charge on any atom is 0.176 e. The number of thiophene rings is 1. The maximum absolute atomic E-state index is 12.0. The molecule has 3 heteroatoms. The normalized spacial score (nSPS) is 21.4. The summed E-state index contributed by atoms with van der Waals surface area (Å²) in [5, 5.41) is 0. The fourth-order valence-electron chi connectivity index (χ4n) is 1.64. The van der Waals surface area contributed by atoms with Crippen molar-refractivity contribution < 1.29 is 4.79 Å². The zero-order valence-corrected chi connectivity index (χ0v) is 10.1. The number of hydrogen-bond donors (Lipinski definition) is 0. The van der Waals surface area contributed by atoms with Gasteiger partial charge >= 0.3 is 0 Å². The van der Waals surface area contributed by atoms with Crippen LogP contribution in [0.5, 0.6) is 0 Å². The molecule has 0 bridgehead atoms. The van der Waals surface area contributed by atoms with E-state index >= 15 is 0 Å². The quantitative estimate of drug-likeness (QED) is 0.720. The molecule has 1 aliphatic heterocycles. The van der Waals surface area contributed by atoms with Gasteiger partial charge in [-0.2, -0.15) is 11.8 Å². The molecule has 1 aromatic rings. The summed E-state index contributed by atoms with van der Waals surface area (Å²) in [6, 6.07) is 2.05. The molecule has 0 aromatic carbocycles. The Bertz CT molecular complexity index is 329. The zero-order chi connectivity index (χ0) is 10.1. The van der Waals surface area contributed by atoms with Crippen LogP contribution in [0.2, 0.25) is 0 Å². The molecular weight excluding hydrogens is 212 g/mol. The first kappa shape index (κ1) is 10.2. The third-order valence-electron chi connectivity index (χ3n) is 2.71. The largest absolute Gasteiger partial charge is 0.293 e. The Morgan fingerprint density at radius 1 is 1.50 bits per heavy atom. The molecule has 0 amide bonds. The Morgan fingerprint density at radius 3 is 2.79 bits per heavy atom. The van der Waals surface area contributed by atoms with Crippen LogP contribution in [0.15, 0.2) is 6.07 Å². The van der Waals surface area contributed by atoms with Gasteiger partial charge in [0.05, 0.1) is 4.88 Å². The van der Waals surface area contributed by atoms with E-state index in [4.69, 9.17) is 0 Å². The van der Waals surface area contributed by atoms with Crippen molar-refractivity contribution in [3.63, 3.8) is 0 Å². The lowest BCUT2D eigenvalue weighted by Crippen LogP contribution is -2.12. The van der Waals surface area contributed by atoms with Gasteiger partial charge in [-0.1, -0.05) is 0 Å². The standard InChI is InChI=1S/C11H14OS2/c1-7-5-10(14-8(7)2)11(12)9-3-4-13-6-9/h5,9H,3-4,6H2,1-2H3. The molecule has 76 valence electrons. The summed E-state index contributed by atoms with van der Waals surface area (Å²) in [6.07, 6.45) is 1.07. The minimum absolute atomic E-state index is 0.289. The monoisotopic (exact) mass is 226 g/mol. The van der Waals surface area contributed by atoms with Gasteiger partial charge in [0.25, 0.3) is 0 Å². The maximum atomic E-state index is 12.0. The van der Waals surface area contributed by atoms with Crippen molar-refractivity contribution in [3.8, 4) is 0 Å². The molecule has 1 nitrogen and oxygen atoms in total. The third-order valence-corrected chi connectivity index (χ3v) is 5.04. The number of Topliss-reactive ketones (excluding diaryl/α,β-unsaturated/α-hetero) is 1. The van der Waals surface area contributed by atoms with Gasteiger partial charge in [0.2, 0.25) is 0 Å². The number of aryl methyl sites for hydroxylation is 2. The highest BCUT2D eigenvalue weighted by molar-refractivity contribution is 7.99. The van der Waals surface area contributed by atoms with Crippen LogP contribution in [0.4, 0.5) is 0 Å². The lowest BCUT2D eigenvalue weighted by atomic mass is 10.0. The van der Waals surface area contributed by atoms with E-state index in [1.54, 1.807) is 11.3 Å². The highest BCUT2D eigenvalue weighted by atomic mass is 32.2. The average Bonchev–Trinajstić information content (AvgIpc) is 2.76. The summed E-state index contributed by atoms with van der Waals surface area (Å²) >= 11 is 3.55. The summed E-state index contributed by atoms with van der Waals surface area (Å²) in [5.41, 5.74) is 1.25. The van der Waals surface area contributed by atoms with E-state index in [0.29, 0.717) is 5.78 Å². The van der Waals surface area contributed by atoms with Crippen LogP contribution >= 0.6 is 23.1 Å². The van der Waals surface area contributed by atoms with Gasteiger partial charge in [-0.25, -0.2) is 0 Å². The molecule has 0 radical (unpaired) electrons. The Morgan fingerprint density at radius 2 is 2.29 bits per heavy atom. The third kappa shape index (κ3) is 1.89. The van der Waals surface area contributed by atoms with E-state index in [1.165, 1.54) is 10.4 Å². The molecule has 1 unspecified atom stereocenters. The van der Waals surface area contributed by atoms with E-state index < -0.39 is 0 Å². The van der Waals surface area contributed by atoms with Crippen LogP contribution in [-0.4, -0.2) is 17.3 Å². The molecule has 2 rings (SSSR count). The number of carbonyl (C=O) groups is 1. The second kappa shape index (κ2) is 4.07. The van der Waals surface area contributed by atoms with E-state index in [2.05, 4.69) is 13.8 Å². The molecule has 2 heterocycles. The molecule has 0 spiro atoms. The topological polar surface area (TPSA) is 17.1 Å². The van der Waals surface area contributed by atoms with Gasteiger partial charge in [0, 0.05) is 16.5 Å². The van der Waals surface area contributed by atoms with Gasteiger partial charge in [-0.15, -0.1) is 11.3 Å². The molecule has 14 heavy (non-hydrogen) atoms. The van der Waals surface area contributed by atoms with E-state index in [9.17, 15) is 4.79 Å². The summed E-state index contributed by atoms with van der Waals surface area (Å²) in [7, 11) is 0. The molecular formula is C11H14OS2. The molecule has 1 atom stereocenters. The molecule has 1 saturated heterocycles. The second-order valence-corrected chi connectivity index (χ2v) is 6.18. The molecule has 0 saturated carbocycles. The first-order valence-corrected chi connectivity index (χ1v) is 6.84. The van der Waals surface area contributed by atoms with Crippen LogP contribution in [0.3, 0.4) is 0 Å². The van der Waals surface area contributed by atoms with Crippen LogP contribution < -0.4 is 0 Å². The Kier molecular flexibility index (Phi) is 2.98. The lowest BCUT2D eigenvalue weighted by molar-refractivity contribution is 0.0938. The van der Waals surface area contributed by atoms with Gasteiger partial charge < -0.3 is 0 Å². The highest BCUT2D eigenvalue weighted by Gasteiger charge is 2.25.